The van der Waals surface area contributed by atoms with Crippen LogP contribution < -0.4 is 14.8 Å². The van der Waals surface area contributed by atoms with Crippen LogP contribution in [0.3, 0.4) is 0 Å². The molecule has 1 heterocycles. The molecule has 0 saturated carbocycles. The van der Waals surface area contributed by atoms with Gasteiger partial charge in [-0.2, -0.15) is 0 Å². The monoisotopic (exact) mass is 341 g/mol. The van der Waals surface area contributed by atoms with Crippen LogP contribution in [0.4, 0.5) is 5.69 Å². The zero-order chi connectivity index (χ0) is 18.2. The van der Waals surface area contributed by atoms with E-state index in [0.29, 0.717) is 22.7 Å². The summed E-state index contributed by atoms with van der Waals surface area (Å²) in [5, 5.41) is 13.6. The molecule has 0 fully saturated rings. The maximum atomic E-state index is 12.8. The fraction of sp³-hybridized carbons (Fsp3) is 0.263. The highest BCUT2D eigenvalue weighted by molar-refractivity contribution is 6.10. The summed E-state index contributed by atoms with van der Waals surface area (Å²) in [6.07, 6.45) is -0.390. The number of anilines is 1. The van der Waals surface area contributed by atoms with Crippen LogP contribution >= 0.6 is 0 Å². The van der Waals surface area contributed by atoms with E-state index in [1.165, 1.54) is 20.3 Å². The van der Waals surface area contributed by atoms with Gasteiger partial charge in [-0.05, 0) is 31.2 Å². The second-order valence-electron chi connectivity index (χ2n) is 6.03. The number of nitrogens with one attached hydrogen (secondary N) is 1. The van der Waals surface area contributed by atoms with Crippen molar-refractivity contribution in [2.45, 2.75) is 18.9 Å². The molecule has 1 amide bonds. The first-order valence-corrected chi connectivity index (χ1v) is 7.79. The van der Waals surface area contributed by atoms with Crippen molar-refractivity contribution in [3.05, 3.63) is 53.1 Å². The number of ketones is 1. The summed E-state index contributed by atoms with van der Waals surface area (Å²) in [5.41, 5.74) is 0.160. The van der Waals surface area contributed by atoms with Crippen LogP contribution in [0.25, 0.3) is 0 Å². The van der Waals surface area contributed by atoms with Crippen molar-refractivity contribution in [3.8, 4) is 11.5 Å². The zero-order valence-electron chi connectivity index (χ0n) is 14.3. The van der Waals surface area contributed by atoms with Crippen LogP contribution in [0.2, 0.25) is 0 Å². The number of hydrogen-bond donors (Lipinski definition) is 2. The van der Waals surface area contributed by atoms with Crippen LogP contribution in [-0.4, -0.2) is 31.0 Å². The van der Waals surface area contributed by atoms with E-state index in [0.717, 1.165) is 5.56 Å². The van der Waals surface area contributed by atoms with E-state index in [1.807, 2.05) is 13.0 Å². The summed E-state index contributed by atoms with van der Waals surface area (Å²) in [7, 11) is 2.95. The van der Waals surface area contributed by atoms with Gasteiger partial charge in [-0.15, -0.1) is 0 Å². The first-order valence-electron chi connectivity index (χ1n) is 7.79. The number of fused-ring (bicyclic) bond motifs is 1. The molecule has 130 valence electrons. The van der Waals surface area contributed by atoms with E-state index in [1.54, 1.807) is 24.3 Å². The highest BCUT2D eigenvalue weighted by Crippen LogP contribution is 2.40. The third-order valence-electron chi connectivity index (χ3n) is 4.37. The van der Waals surface area contributed by atoms with Gasteiger partial charge in [0.25, 0.3) is 5.91 Å². The van der Waals surface area contributed by atoms with Crippen molar-refractivity contribution >= 4 is 17.4 Å². The lowest BCUT2D eigenvalue weighted by molar-refractivity contribution is -0.133. The number of rotatable bonds is 5. The van der Waals surface area contributed by atoms with E-state index >= 15 is 0 Å². The van der Waals surface area contributed by atoms with Crippen LogP contribution in [-0.2, 0) is 10.4 Å². The molecule has 3 rings (SSSR count). The summed E-state index contributed by atoms with van der Waals surface area (Å²) >= 11 is 0. The lowest BCUT2D eigenvalue weighted by Gasteiger charge is -2.21. The Bertz CT molecular complexity index is 861. The molecule has 0 bridgehead atoms. The van der Waals surface area contributed by atoms with E-state index in [4.69, 9.17) is 9.47 Å². The third-order valence-corrected chi connectivity index (χ3v) is 4.37. The Hall–Kier alpha value is -2.86. The lowest BCUT2D eigenvalue weighted by Crippen LogP contribution is -2.36. The zero-order valence-corrected chi connectivity index (χ0v) is 14.3. The minimum absolute atomic E-state index is 0.254. The summed E-state index contributed by atoms with van der Waals surface area (Å²) < 4.78 is 10.4. The van der Waals surface area contributed by atoms with Crippen LogP contribution in [0, 0.1) is 6.92 Å². The Morgan fingerprint density at radius 3 is 2.60 bits per heavy atom. The average Bonchev–Trinajstić information content (AvgIpc) is 2.85. The van der Waals surface area contributed by atoms with E-state index in [2.05, 4.69) is 5.32 Å². The number of ether oxygens (including phenoxy) is 2. The molecule has 25 heavy (non-hydrogen) atoms. The first-order chi connectivity index (χ1) is 11.9. The number of Topliss-reactive ketones (excluding diaryl/α,β-unsaturated/α-hetero) is 1. The Balaban J connectivity index is 1.99. The second-order valence-corrected chi connectivity index (χ2v) is 6.03. The maximum Gasteiger partial charge on any atom is 0.261 e. The number of amides is 1. The molecular formula is C19H19NO5. The van der Waals surface area contributed by atoms with Crippen LogP contribution in [0.1, 0.15) is 27.9 Å². The first kappa shape index (κ1) is 17.0. The molecule has 0 aliphatic carbocycles. The molecular weight excluding hydrogens is 322 g/mol. The van der Waals surface area contributed by atoms with Crippen LogP contribution in [0.15, 0.2) is 36.4 Å². The standard InChI is InChI=1S/C19H19NO5/c1-11-4-6-15-14(8-11)19(23,18(22)20-15)10-16(21)13-9-12(24-2)5-7-17(13)25-3/h4-9,23H,10H2,1-3H3,(H,20,22). The van der Waals surface area contributed by atoms with Gasteiger partial charge in [-0.3, -0.25) is 9.59 Å². The number of carbonyl (C=O) groups excluding carboxylic acids is 2. The number of hydrogen-bond acceptors (Lipinski definition) is 5. The summed E-state index contributed by atoms with van der Waals surface area (Å²) in [6.45, 7) is 1.86. The predicted octanol–water partition coefficient (Wildman–Crippen LogP) is 2.42. The largest absolute Gasteiger partial charge is 0.497 e. The molecule has 2 aromatic carbocycles. The Morgan fingerprint density at radius 1 is 1.16 bits per heavy atom. The summed E-state index contributed by atoms with van der Waals surface area (Å²) in [5.74, 6) is -0.174. The molecule has 1 atom stereocenters. The normalized spacial score (nSPS) is 18.5. The molecule has 0 saturated heterocycles. The van der Waals surface area contributed by atoms with Crippen molar-refractivity contribution in [2.75, 3.05) is 19.5 Å². The van der Waals surface area contributed by atoms with Gasteiger partial charge in [0.1, 0.15) is 11.5 Å². The molecule has 6 nitrogen and oxygen atoms in total. The molecule has 2 N–H and O–H groups in total. The molecule has 2 aromatic rings. The molecule has 0 aromatic heterocycles. The molecule has 1 unspecified atom stereocenters. The van der Waals surface area contributed by atoms with E-state index in [9.17, 15) is 14.7 Å². The number of aliphatic hydroxyl groups is 1. The smallest absolute Gasteiger partial charge is 0.261 e. The summed E-state index contributed by atoms with van der Waals surface area (Å²) in [4.78, 5) is 25.2. The van der Waals surface area contributed by atoms with Crippen molar-refractivity contribution in [1.29, 1.82) is 0 Å². The van der Waals surface area contributed by atoms with Crippen molar-refractivity contribution in [3.63, 3.8) is 0 Å². The minimum Gasteiger partial charge on any atom is -0.497 e. The van der Waals surface area contributed by atoms with Gasteiger partial charge in [0.05, 0.1) is 26.2 Å². The highest BCUT2D eigenvalue weighted by atomic mass is 16.5. The average molecular weight is 341 g/mol. The fourth-order valence-electron chi connectivity index (χ4n) is 2.99. The number of methoxy groups -OCH3 is 2. The number of carbonyl (C=O) groups is 2. The van der Waals surface area contributed by atoms with Gasteiger partial charge < -0.3 is 19.9 Å². The van der Waals surface area contributed by atoms with Crippen molar-refractivity contribution in [2.24, 2.45) is 0 Å². The molecule has 0 radical (unpaired) electrons. The van der Waals surface area contributed by atoms with E-state index < -0.39 is 23.7 Å². The number of benzene rings is 2. The van der Waals surface area contributed by atoms with Gasteiger partial charge in [0, 0.05) is 11.3 Å². The van der Waals surface area contributed by atoms with Crippen LogP contribution in [0.5, 0.6) is 11.5 Å². The van der Waals surface area contributed by atoms with Crippen molar-refractivity contribution in [1.82, 2.24) is 0 Å². The van der Waals surface area contributed by atoms with Gasteiger partial charge in [0.15, 0.2) is 11.4 Å². The maximum absolute atomic E-state index is 12.8. The van der Waals surface area contributed by atoms with Gasteiger partial charge >= 0.3 is 0 Å². The molecule has 1 aliphatic rings. The highest BCUT2D eigenvalue weighted by Gasteiger charge is 2.47. The Labute approximate surface area is 145 Å². The lowest BCUT2D eigenvalue weighted by atomic mass is 9.87. The fourth-order valence-corrected chi connectivity index (χ4v) is 2.99. The topological polar surface area (TPSA) is 84.9 Å². The summed E-state index contributed by atoms with van der Waals surface area (Å²) in [6, 6.07) is 10.1. The third kappa shape index (κ3) is 2.85. The SMILES string of the molecule is COc1ccc(OC)c(C(=O)CC2(O)C(=O)Nc3ccc(C)cc32)c1. The van der Waals surface area contributed by atoms with E-state index in [-0.39, 0.29) is 5.56 Å². The molecule has 6 heteroatoms. The Morgan fingerprint density at radius 2 is 1.92 bits per heavy atom. The molecule has 0 spiro atoms. The Kier molecular flexibility index (Phi) is 4.22. The van der Waals surface area contributed by atoms with Crippen molar-refractivity contribution < 1.29 is 24.2 Å². The molecule has 1 aliphatic heterocycles. The second kappa shape index (κ2) is 6.22. The number of aryl methyl sites for hydroxylation is 1. The minimum atomic E-state index is -1.91. The quantitative estimate of drug-likeness (QED) is 0.816. The predicted molar refractivity (Wildman–Crippen MR) is 92.2 cm³/mol. The van der Waals surface area contributed by atoms with Gasteiger partial charge in [-0.25, -0.2) is 0 Å². The van der Waals surface area contributed by atoms with Gasteiger partial charge in [-0.1, -0.05) is 17.7 Å². The van der Waals surface area contributed by atoms with Gasteiger partial charge in [0.2, 0.25) is 0 Å².